The van der Waals surface area contributed by atoms with E-state index >= 15 is 0 Å². The molecule has 0 aromatic heterocycles. The Bertz CT molecular complexity index is 170. The zero-order valence-electron chi connectivity index (χ0n) is 6.82. The number of halogens is 3. The van der Waals surface area contributed by atoms with Gasteiger partial charge in [0.05, 0.1) is 6.61 Å². The summed E-state index contributed by atoms with van der Waals surface area (Å²) < 4.78 is 40.4. The van der Waals surface area contributed by atoms with Gasteiger partial charge < -0.3 is 4.74 Å². The van der Waals surface area contributed by atoms with Crippen molar-refractivity contribution in [1.29, 1.82) is 0 Å². The molecular weight excluding hydrogens is 169 g/mol. The topological polar surface area (TPSA) is 9.23 Å². The van der Waals surface area contributed by atoms with Gasteiger partial charge in [-0.3, -0.25) is 0 Å². The summed E-state index contributed by atoms with van der Waals surface area (Å²) in [6, 6.07) is 0. The van der Waals surface area contributed by atoms with Crippen LogP contribution in [0.1, 0.15) is 13.3 Å². The monoisotopic (exact) mass is 180 g/mol. The average Bonchev–Trinajstić information content (AvgIpc) is 1.95. The fourth-order valence-electron chi connectivity index (χ4n) is 0.602. The van der Waals surface area contributed by atoms with E-state index in [1.807, 2.05) is 0 Å². The van der Waals surface area contributed by atoms with Crippen LogP contribution in [-0.4, -0.2) is 12.8 Å². The maximum Gasteiger partial charge on any atom is 0.448 e. The second kappa shape index (κ2) is 4.85. The average molecular weight is 180 g/mol. The SMILES string of the molecule is C=CCC=C(OCC)C(F)(F)F. The third kappa shape index (κ3) is 4.05. The Morgan fingerprint density at radius 3 is 2.42 bits per heavy atom. The molecule has 0 aliphatic heterocycles. The van der Waals surface area contributed by atoms with Crippen LogP contribution in [0.25, 0.3) is 0 Å². The van der Waals surface area contributed by atoms with Crippen molar-refractivity contribution in [1.82, 2.24) is 0 Å². The van der Waals surface area contributed by atoms with E-state index in [4.69, 9.17) is 0 Å². The summed E-state index contributed by atoms with van der Waals surface area (Å²) in [6.07, 6.45) is -1.88. The molecule has 0 heterocycles. The van der Waals surface area contributed by atoms with Crippen molar-refractivity contribution in [3.8, 4) is 0 Å². The fraction of sp³-hybridized carbons (Fsp3) is 0.500. The highest BCUT2D eigenvalue weighted by Gasteiger charge is 2.35. The predicted molar refractivity (Wildman–Crippen MR) is 40.6 cm³/mol. The molecule has 0 spiro atoms. The molecule has 0 bridgehead atoms. The van der Waals surface area contributed by atoms with Gasteiger partial charge in [0.2, 0.25) is 0 Å². The summed E-state index contributed by atoms with van der Waals surface area (Å²) in [5.74, 6) is -0.940. The van der Waals surface area contributed by atoms with Crippen molar-refractivity contribution < 1.29 is 17.9 Å². The molecule has 0 radical (unpaired) electrons. The van der Waals surface area contributed by atoms with Gasteiger partial charge in [-0.15, -0.1) is 6.58 Å². The second-order valence-corrected chi connectivity index (χ2v) is 2.02. The zero-order valence-corrected chi connectivity index (χ0v) is 6.82. The summed E-state index contributed by atoms with van der Waals surface area (Å²) in [7, 11) is 0. The molecular formula is C8H11F3O. The van der Waals surface area contributed by atoms with E-state index in [0.29, 0.717) is 0 Å². The molecule has 0 atom stereocenters. The molecule has 0 aromatic rings. The number of rotatable bonds is 4. The summed E-state index contributed by atoms with van der Waals surface area (Å²) in [5, 5.41) is 0. The first-order valence-corrected chi connectivity index (χ1v) is 3.53. The smallest absolute Gasteiger partial charge is 0.448 e. The van der Waals surface area contributed by atoms with Gasteiger partial charge in [0.15, 0.2) is 5.76 Å². The number of allylic oxidation sites excluding steroid dienone is 3. The van der Waals surface area contributed by atoms with Gasteiger partial charge in [-0.1, -0.05) is 6.08 Å². The van der Waals surface area contributed by atoms with Gasteiger partial charge >= 0.3 is 6.18 Å². The largest absolute Gasteiger partial charge is 0.489 e. The minimum atomic E-state index is -4.39. The van der Waals surface area contributed by atoms with Crippen LogP contribution in [0.2, 0.25) is 0 Å². The first-order valence-electron chi connectivity index (χ1n) is 3.53. The van der Waals surface area contributed by atoms with Gasteiger partial charge in [0.1, 0.15) is 0 Å². The molecule has 0 saturated carbocycles. The first-order chi connectivity index (χ1) is 5.52. The molecule has 0 aromatic carbocycles. The molecule has 0 N–H and O–H groups in total. The van der Waals surface area contributed by atoms with Crippen LogP contribution < -0.4 is 0 Å². The maximum absolute atomic E-state index is 12.0. The molecule has 0 aliphatic rings. The summed E-state index contributed by atoms with van der Waals surface area (Å²) >= 11 is 0. The lowest BCUT2D eigenvalue weighted by Gasteiger charge is -2.11. The van der Waals surface area contributed by atoms with Crippen molar-refractivity contribution in [2.24, 2.45) is 0 Å². The van der Waals surface area contributed by atoms with Crippen LogP contribution in [0, 0.1) is 0 Å². The van der Waals surface area contributed by atoms with Crippen LogP contribution in [0.4, 0.5) is 13.2 Å². The van der Waals surface area contributed by atoms with E-state index in [1.165, 1.54) is 13.0 Å². The molecule has 4 heteroatoms. The highest BCUT2D eigenvalue weighted by atomic mass is 19.4. The van der Waals surface area contributed by atoms with Crippen LogP contribution >= 0.6 is 0 Å². The minimum absolute atomic E-state index is 0.0164. The zero-order chi connectivity index (χ0) is 9.61. The minimum Gasteiger partial charge on any atom is -0.489 e. The third-order valence-corrected chi connectivity index (χ3v) is 1.05. The van der Waals surface area contributed by atoms with E-state index in [0.717, 1.165) is 6.08 Å². The van der Waals surface area contributed by atoms with E-state index in [9.17, 15) is 13.2 Å². The second-order valence-electron chi connectivity index (χ2n) is 2.02. The molecule has 0 rings (SSSR count). The number of hydrogen-bond donors (Lipinski definition) is 0. The molecule has 1 nitrogen and oxygen atoms in total. The molecule has 0 fully saturated rings. The van der Waals surface area contributed by atoms with E-state index in [-0.39, 0.29) is 13.0 Å². The Morgan fingerprint density at radius 2 is 2.08 bits per heavy atom. The Kier molecular flexibility index (Phi) is 4.47. The van der Waals surface area contributed by atoms with E-state index in [2.05, 4.69) is 11.3 Å². The van der Waals surface area contributed by atoms with E-state index < -0.39 is 11.9 Å². The lowest BCUT2D eigenvalue weighted by Crippen LogP contribution is -2.14. The van der Waals surface area contributed by atoms with E-state index in [1.54, 1.807) is 0 Å². The molecule has 0 aliphatic carbocycles. The van der Waals surface area contributed by atoms with Crippen LogP contribution in [0.15, 0.2) is 24.5 Å². The van der Waals surface area contributed by atoms with Gasteiger partial charge in [-0.25, -0.2) is 0 Å². The Morgan fingerprint density at radius 1 is 1.50 bits per heavy atom. The number of alkyl halides is 3. The van der Waals surface area contributed by atoms with Gasteiger partial charge in [-0.2, -0.15) is 13.2 Å². The quantitative estimate of drug-likeness (QED) is 0.477. The van der Waals surface area contributed by atoms with Crippen LogP contribution in [0.3, 0.4) is 0 Å². The Labute approximate surface area is 69.5 Å². The van der Waals surface area contributed by atoms with Gasteiger partial charge in [0, 0.05) is 0 Å². The van der Waals surface area contributed by atoms with Crippen LogP contribution in [-0.2, 0) is 4.74 Å². The first kappa shape index (κ1) is 11.1. The number of hydrogen-bond acceptors (Lipinski definition) is 1. The van der Waals surface area contributed by atoms with Crippen molar-refractivity contribution in [2.75, 3.05) is 6.61 Å². The molecule has 0 amide bonds. The standard InChI is InChI=1S/C8H11F3O/c1-3-5-6-7(12-4-2)8(9,10)11/h3,6H,1,4-5H2,2H3. The lowest BCUT2D eigenvalue weighted by molar-refractivity contribution is -0.130. The maximum atomic E-state index is 12.0. The Hall–Kier alpha value is -0.930. The van der Waals surface area contributed by atoms with Gasteiger partial charge in [0.25, 0.3) is 0 Å². The van der Waals surface area contributed by atoms with Gasteiger partial charge in [-0.05, 0) is 19.4 Å². The normalized spacial score (nSPS) is 12.8. The van der Waals surface area contributed by atoms with Crippen molar-refractivity contribution in [3.63, 3.8) is 0 Å². The van der Waals surface area contributed by atoms with Crippen molar-refractivity contribution >= 4 is 0 Å². The molecule has 0 saturated heterocycles. The lowest BCUT2D eigenvalue weighted by atomic mass is 10.3. The highest BCUT2D eigenvalue weighted by molar-refractivity contribution is 5.02. The summed E-state index contributed by atoms with van der Waals surface area (Å²) in [5.41, 5.74) is 0. The molecule has 12 heavy (non-hydrogen) atoms. The summed E-state index contributed by atoms with van der Waals surface area (Å²) in [6.45, 7) is 4.83. The summed E-state index contributed by atoms with van der Waals surface area (Å²) in [4.78, 5) is 0. The van der Waals surface area contributed by atoms with Crippen molar-refractivity contribution in [3.05, 3.63) is 24.5 Å². The molecule has 0 unspecified atom stereocenters. The Balaban J connectivity index is 4.31. The third-order valence-electron chi connectivity index (χ3n) is 1.05. The fourth-order valence-corrected chi connectivity index (χ4v) is 0.602. The highest BCUT2D eigenvalue weighted by Crippen LogP contribution is 2.26. The molecule has 70 valence electrons. The van der Waals surface area contributed by atoms with Crippen molar-refractivity contribution in [2.45, 2.75) is 19.5 Å². The number of ether oxygens (including phenoxy) is 1. The van der Waals surface area contributed by atoms with Crippen LogP contribution in [0.5, 0.6) is 0 Å². The predicted octanol–water partition coefficient (Wildman–Crippen LogP) is 3.05.